The van der Waals surface area contributed by atoms with E-state index in [2.05, 4.69) is 103 Å². The number of pyridine rings is 1. The molecular formula is C49H62IrNO2S-. The molecule has 2 heterocycles. The van der Waals surface area contributed by atoms with Crippen molar-refractivity contribution >= 4 is 49.9 Å². The van der Waals surface area contributed by atoms with E-state index >= 15 is 0 Å². The number of fused-ring (bicyclic) bond motifs is 5. The van der Waals surface area contributed by atoms with E-state index in [4.69, 9.17) is 4.98 Å². The van der Waals surface area contributed by atoms with Crippen LogP contribution in [0.2, 0.25) is 0 Å². The minimum atomic E-state index is -0.337. The SMILES string of the molecule is CCC(C)(CC)C(=O)/C=C(\O)C(C)(CC)CC.Cc1cc(CC(C)(C)C)c2cc3c4c(nccc4c2c1)-c1[c-]c2ccccc2c(CC(C)(C)C)c1S3.[Ir]. The quantitative estimate of drug-likeness (QED) is 0.0679. The topological polar surface area (TPSA) is 50.2 Å². The average molecular weight is 921 g/mol. The molecule has 1 radical (unpaired) electrons. The number of aliphatic hydroxyl groups is 1. The summed E-state index contributed by atoms with van der Waals surface area (Å²) in [4.78, 5) is 19.8. The fourth-order valence-corrected chi connectivity index (χ4v) is 8.75. The summed E-state index contributed by atoms with van der Waals surface area (Å²) in [5.41, 5.74) is 6.25. The van der Waals surface area contributed by atoms with Gasteiger partial charge in [0.05, 0.1) is 0 Å². The Morgan fingerprint density at radius 3 is 1.98 bits per heavy atom. The number of benzene rings is 4. The molecule has 5 aromatic rings. The second kappa shape index (κ2) is 16.6. The van der Waals surface area contributed by atoms with E-state index in [1.165, 1.54) is 64.9 Å². The molecule has 0 spiro atoms. The van der Waals surface area contributed by atoms with E-state index in [0.29, 0.717) is 0 Å². The van der Waals surface area contributed by atoms with E-state index in [0.717, 1.165) is 49.8 Å². The van der Waals surface area contributed by atoms with Crippen LogP contribution in [0, 0.1) is 34.7 Å². The number of carbonyl (C=O) groups is 1. The summed E-state index contributed by atoms with van der Waals surface area (Å²) < 4.78 is 0. The van der Waals surface area contributed by atoms with Crippen LogP contribution in [0.5, 0.6) is 0 Å². The van der Waals surface area contributed by atoms with Crippen LogP contribution in [0.1, 0.15) is 125 Å². The monoisotopic (exact) mass is 921 g/mol. The molecule has 3 nitrogen and oxygen atoms in total. The Labute approximate surface area is 343 Å². The molecule has 291 valence electrons. The second-order valence-corrected chi connectivity index (χ2v) is 19.4. The molecular weight excluding hydrogens is 859 g/mol. The minimum absolute atomic E-state index is 0. The number of ketones is 1. The van der Waals surface area contributed by atoms with E-state index in [-0.39, 0.29) is 53.3 Å². The van der Waals surface area contributed by atoms with Crippen molar-refractivity contribution in [2.75, 3.05) is 0 Å². The van der Waals surface area contributed by atoms with Crippen molar-refractivity contribution in [1.29, 1.82) is 0 Å². The van der Waals surface area contributed by atoms with Crippen molar-refractivity contribution in [2.45, 2.75) is 138 Å². The fourth-order valence-electron chi connectivity index (χ4n) is 7.49. The zero-order valence-corrected chi connectivity index (χ0v) is 38.3. The maximum absolute atomic E-state index is 12.2. The average Bonchev–Trinajstić information content (AvgIpc) is 3.10. The van der Waals surface area contributed by atoms with Gasteiger partial charge < -0.3 is 5.11 Å². The molecule has 0 fully saturated rings. The Morgan fingerprint density at radius 2 is 1.39 bits per heavy atom. The molecule has 1 aromatic heterocycles. The molecule has 0 aliphatic carbocycles. The summed E-state index contributed by atoms with van der Waals surface area (Å²) in [7, 11) is 0. The predicted octanol–water partition coefficient (Wildman–Crippen LogP) is 14.6. The summed E-state index contributed by atoms with van der Waals surface area (Å²) in [6.07, 6.45) is 8.83. The van der Waals surface area contributed by atoms with E-state index in [9.17, 15) is 9.90 Å². The van der Waals surface area contributed by atoms with Gasteiger partial charge in [0.15, 0.2) is 5.78 Å². The van der Waals surface area contributed by atoms with Gasteiger partial charge in [0, 0.05) is 53.8 Å². The van der Waals surface area contributed by atoms with Gasteiger partial charge in [-0.3, -0.25) is 9.78 Å². The maximum Gasteiger partial charge on any atom is 0.164 e. The number of hydrogen-bond donors (Lipinski definition) is 1. The van der Waals surface area contributed by atoms with Crippen molar-refractivity contribution in [3.63, 3.8) is 0 Å². The number of carbonyl (C=O) groups excluding carboxylic acids is 1. The van der Waals surface area contributed by atoms with Gasteiger partial charge in [-0.25, -0.2) is 0 Å². The van der Waals surface area contributed by atoms with Crippen LogP contribution in [-0.2, 0) is 37.7 Å². The van der Waals surface area contributed by atoms with E-state index in [1.807, 2.05) is 59.5 Å². The van der Waals surface area contributed by atoms with Crippen molar-refractivity contribution in [2.24, 2.45) is 21.7 Å². The first-order valence-corrected chi connectivity index (χ1v) is 20.5. The third kappa shape index (κ3) is 9.01. The van der Waals surface area contributed by atoms with Crippen LogP contribution >= 0.6 is 11.8 Å². The smallest absolute Gasteiger partial charge is 0.164 e. The molecule has 0 atom stereocenters. The summed E-state index contributed by atoms with van der Waals surface area (Å²) >= 11 is 1.93. The first kappa shape index (κ1) is 43.7. The van der Waals surface area contributed by atoms with Gasteiger partial charge in [0.25, 0.3) is 0 Å². The zero-order chi connectivity index (χ0) is 39.1. The largest absolute Gasteiger partial charge is 0.512 e. The van der Waals surface area contributed by atoms with E-state index < -0.39 is 0 Å². The molecule has 1 aliphatic rings. The Balaban J connectivity index is 0.000000309. The second-order valence-electron chi connectivity index (χ2n) is 18.3. The number of allylic oxidation sites excluding steroid dienone is 2. The molecule has 5 heteroatoms. The molecule has 0 bridgehead atoms. The van der Waals surface area contributed by atoms with Crippen LogP contribution < -0.4 is 0 Å². The van der Waals surface area contributed by atoms with Gasteiger partial charge in [-0.1, -0.05) is 135 Å². The Hall–Kier alpha value is -2.98. The molecule has 0 amide bonds. The molecule has 0 unspecified atom stereocenters. The third-order valence-electron chi connectivity index (χ3n) is 11.7. The van der Waals surface area contributed by atoms with Gasteiger partial charge >= 0.3 is 0 Å². The zero-order valence-electron chi connectivity index (χ0n) is 35.1. The number of aromatic nitrogens is 1. The first-order valence-electron chi connectivity index (χ1n) is 19.7. The van der Waals surface area contributed by atoms with Gasteiger partial charge in [-0.05, 0) is 100 Å². The number of aliphatic hydroxyl groups excluding tert-OH is 1. The number of nitrogens with zero attached hydrogens (tertiary/aromatic N) is 1. The van der Waals surface area contributed by atoms with Crippen LogP contribution in [0.15, 0.2) is 76.4 Å². The number of aryl methyl sites for hydroxylation is 1. The standard InChI is InChI=1S/C34H34NS.C15H28O2.Ir/c1-20-14-22(18-33(2,3)4)25-17-29-30-24(26(25)15-20)12-13-35-31(30)27-16-21-10-8-9-11-23(21)28(32(27)36-29)19-34(5,6)7;1-7-14(5,8-2)12(16)11-13(17)15(6,9-3)10-4;/h8-15,17H,18-19H2,1-7H3;11,16H,7-10H2,1-6H3;/q-1;;/b;12-11-;. The summed E-state index contributed by atoms with van der Waals surface area (Å²) in [5, 5.41) is 18.0. The molecule has 6 rings (SSSR count). The number of hydrogen-bond acceptors (Lipinski definition) is 4. The Morgan fingerprint density at radius 1 is 0.778 bits per heavy atom. The predicted molar refractivity (Wildman–Crippen MR) is 229 cm³/mol. The number of rotatable bonds is 9. The molecule has 54 heavy (non-hydrogen) atoms. The molecule has 1 aliphatic heterocycles. The molecule has 0 saturated carbocycles. The maximum atomic E-state index is 12.2. The van der Waals surface area contributed by atoms with E-state index in [1.54, 1.807) is 0 Å². The summed E-state index contributed by atoms with van der Waals surface area (Å²) in [6.45, 7) is 28.3. The third-order valence-corrected chi connectivity index (χ3v) is 12.9. The summed E-state index contributed by atoms with van der Waals surface area (Å²) in [5.74, 6) is 0.286. The molecule has 1 N–H and O–H groups in total. The normalized spacial score (nSPS) is 13.4. The first-order chi connectivity index (χ1) is 24.8. The van der Waals surface area contributed by atoms with Crippen LogP contribution in [-0.4, -0.2) is 15.9 Å². The van der Waals surface area contributed by atoms with Crippen molar-refractivity contribution < 1.29 is 30.0 Å². The fraction of sp³-hybridized carbons (Fsp3) is 0.469. The van der Waals surface area contributed by atoms with Gasteiger partial charge in [-0.15, -0.1) is 29.3 Å². The van der Waals surface area contributed by atoms with Crippen molar-refractivity contribution in [3.05, 3.63) is 89.3 Å². The van der Waals surface area contributed by atoms with Gasteiger partial charge in [0.2, 0.25) is 0 Å². The minimum Gasteiger partial charge on any atom is -0.512 e. The Kier molecular flexibility index (Phi) is 13.5. The van der Waals surface area contributed by atoms with Gasteiger partial charge in [0.1, 0.15) is 5.76 Å². The van der Waals surface area contributed by atoms with Crippen LogP contribution in [0.4, 0.5) is 0 Å². The van der Waals surface area contributed by atoms with Crippen molar-refractivity contribution in [3.8, 4) is 11.3 Å². The molecule has 4 aromatic carbocycles. The summed E-state index contributed by atoms with van der Waals surface area (Å²) in [6, 6.07) is 22.0. The van der Waals surface area contributed by atoms with Gasteiger partial charge in [-0.2, -0.15) is 0 Å². The van der Waals surface area contributed by atoms with Crippen molar-refractivity contribution in [1.82, 2.24) is 4.98 Å². The van der Waals surface area contributed by atoms with Crippen LogP contribution in [0.25, 0.3) is 43.6 Å². The van der Waals surface area contributed by atoms with Crippen LogP contribution in [0.3, 0.4) is 0 Å². The Bertz CT molecular complexity index is 2190. The molecule has 0 saturated heterocycles.